The van der Waals surface area contributed by atoms with E-state index in [1.54, 1.807) is 0 Å². The first-order chi connectivity index (χ1) is 6.67. The maximum atomic E-state index is 11.5. The van der Waals surface area contributed by atoms with Crippen LogP contribution in [0, 0.1) is 5.92 Å². The summed E-state index contributed by atoms with van der Waals surface area (Å²) in [7, 11) is 1.32. The summed E-state index contributed by atoms with van der Waals surface area (Å²) in [5.41, 5.74) is 0. The fraction of sp³-hybridized carbons (Fsp3) is 0.818. The molecule has 0 saturated heterocycles. The lowest BCUT2D eigenvalue weighted by atomic mass is 9.97. The van der Waals surface area contributed by atoms with Crippen LogP contribution < -0.4 is 0 Å². The zero-order valence-corrected chi connectivity index (χ0v) is 9.34. The van der Waals surface area contributed by atoms with Gasteiger partial charge in [0.2, 0.25) is 0 Å². The van der Waals surface area contributed by atoms with E-state index in [9.17, 15) is 9.59 Å². The minimum atomic E-state index is -0.545. The monoisotopic (exact) mass is 200 g/mol. The van der Waals surface area contributed by atoms with Crippen molar-refractivity contribution in [3.05, 3.63) is 0 Å². The van der Waals surface area contributed by atoms with Crippen LogP contribution in [0.3, 0.4) is 0 Å². The first-order valence-corrected chi connectivity index (χ1v) is 5.27. The Labute approximate surface area is 85.8 Å². The second-order valence-electron chi connectivity index (χ2n) is 3.41. The number of Topliss-reactive ketones (excluding diaryl/α,β-unsaturated/α-hetero) is 1. The summed E-state index contributed by atoms with van der Waals surface area (Å²) in [6.45, 7) is 3.92. The molecule has 14 heavy (non-hydrogen) atoms. The molecule has 1 unspecified atom stereocenters. The number of unbranched alkanes of at least 4 members (excludes halogenated alkanes) is 2. The molecule has 0 aromatic heterocycles. The molecule has 0 aromatic carbocycles. The molecular formula is C11H20O3. The molecule has 0 aliphatic carbocycles. The van der Waals surface area contributed by atoms with E-state index in [2.05, 4.69) is 11.7 Å². The van der Waals surface area contributed by atoms with Crippen LogP contribution in [0.15, 0.2) is 0 Å². The van der Waals surface area contributed by atoms with E-state index >= 15 is 0 Å². The van der Waals surface area contributed by atoms with Gasteiger partial charge in [-0.05, 0) is 12.8 Å². The van der Waals surface area contributed by atoms with Crippen LogP contribution in [0.5, 0.6) is 0 Å². The molecule has 0 fully saturated rings. The maximum Gasteiger partial charge on any atom is 0.316 e. The van der Waals surface area contributed by atoms with Gasteiger partial charge in [-0.15, -0.1) is 0 Å². The van der Waals surface area contributed by atoms with Gasteiger partial charge < -0.3 is 4.74 Å². The standard InChI is InChI=1S/C11H20O3/c1-4-6-7-8-10(12)9(5-2)11(13)14-3/h9H,4-8H2,1-3H3. The van der Waals surface area contributed by atoms with Crippen molar-refractivity contribution >= 4 is 11.8 Å². The Bertz CT molecular complexity index is 187. The Morgan fingerprint density at radius 2 is 1.86 bits per heavy atom. The van der Waals surface area contributed by atoms with Gasteiger partial charge in [0.05, 0.1) is 7.11 Å². The van der Waals surface area contributed by atoms with E-state index in [1.807, 2.05) is 6.92 Å². The van der Waals surface area contributed by atoms with Crippen molar-refractivity contribution in [2.45, 2.75) is 46.0 Å². The zero-order chi connectivity index (χ0) is 11.0. The van der Waals surface area contributed by atoms with Crippen molar-refractivity contribution in [1.29, 1.82) is 0 Å². The summed E-state index contributed by atoms with van der Waals surface area (Å²) in [5, 5.41) is 0. The van der Waals surface area contributed by atoms with Crippen LogP contribution in [0.2, 0.25) is 0 Å². The smallest absolute Gasteiger partial charge is 0.316 e. The van der Waals surface area contributed by atoms with E-state index in [1.165, 1.54) is 7.11 Å². The second-order valence-corrected chi connectivity index (χ2v) is 3.41. The lowest BCUT2D eigenvalue weighted by Gasteiger charge is -2.10. The van der Waals surface area contributed by atoms with Crippen molar-refractivity contribution in [3.63, 3.8) is 0 Å². The van der Waals surface area contributed by atoms with Gasteiger partial charge in [0, 0.05) is 6.42 Å². The lowest BCUT2D eigenvalue weighted by molar-refractivity contribution is -0.149. The van der Waals surface area contributed by atoms with Crippen molar-refractivity contribution in [1.82, 2.24) is 0 Å². The fourth-order valence-corrected chi connectivity index (χ4v) is 1.39. The third kappa shape index (κ3) is 4.40. The van der Waals surface area contributed by atoms with Crippen LogP contribution in [0.4, 0.5) is 0 Å². The van der Waals surface area contributed by atoms with Gasteiger partial charge in [0.1, 0.15) is 11.7 Å². The number of hydrogen-bond acceptors (Lipinski definition) is 3. The third-order valence-electron chi connectivity index (χ3n) is 2.31. The third-order valence-corrected chi connectivity index (χ3v) is 2.31. The van der Waals surface area contributed by atoms with Crippen molar-refractivity contribution in [2.24, 2.45) is 5.92 Å². The Morgan fingerprint density at radius 3 is 2.29 bits per heavy atom. The molecule has 0 bridgehead atoms. The molecule has 3 nitrogen and oxygen atoms in total. The average molecular weight is 200 g/mol. The molecule has 1 atom stereocenters. The highest BCUT2D eigenvalue weighted by Gasteiger charge is 2.24. The largest absolute Gasteiger partial charge is 0.468 e. The molecule has 0 amide bonds. The first-order valence-electron chi connectivity index (χ1n) is 5.27. The minimum absolute atomic E-state index is 0.0211. The van der Waals surface area contributed by atoms with E-state index in [0.717, 1.165) is 19.3 Å². The zero-order valence-electron chi connectivity index (χ0n) is 9.34. The average Bonchev–Trinajstić information content (AvgIpc) is 2.19. The minimum Gasteiger partial charge on any atom is -0.468 e. The number of methoxy groups -OCH3 is 1. The summed E-state index contributed by atoms with van der Waals surface area (Å²) in [6.07, 6.45) is 4.05. The molecular weight excluding hydrogens is 180 g/mol. The Kier molecular flexibility index (Phi) is 7.07. The number of carbonyl (C=O) groups excluding carboxylic acids is 2. The van der Waals surface area contributed by atoms with Gasteiger partial charge in [-0.3, -0.25) is 9.59 Å². The predicted octanol–water partition coefficient (Wildman–Crippen LogP) is 2.33. The number of ketones is 1. The molecule has 0 radical (unpaired) electrons. The second kappa shape index (κ2) is 7.54. The van der Waals surface area contributed by atoms with Gasteiger partial charge >= 0.3 is 5.97 Å². The normalized spacial score (nSPS) is 12.2. The molecule has 3 heteroatoms. The molecule has 0 aliphatic heterocycles. The predicted molar refractivity (Wildman–Crippen MR) is 54.9 cm³/mol. The number of rotatable bonds is 7. The number of carbonyl (C=O) groups is 2. The number of esters is 1. The summed E-state index contributed by atoms with van der Waals surface area (Å²) in [5.74, 6) is -0.918. The van der Waals surface area contributed by atoms with E-state index in [-0.39, 0.29) is 5.78 Å². The summed E-state index contributed by atoms with van der Waals surface area (Å²) >= 11 is 0. The SMILES string of the molecule is CCCCCC(=O)C(CC)C(=O)OC. The highest BCUT2D eigenvalue weighted by molar-refractivity contribution is 5.98. The molecule has 0 N–H and O–H groups in total. The van der Waals surface area contributed by atoms with Crippen LogP contribution >= 0.6 is 0 Å². The molecule has 0 rings (SSSR count). The van der Waals surface area contributed by atoms with Crippen molar-refractivity contribution in [3.8, 4) is 0 Å². The summed E-state index contributed by atoms with van der Waals surface area (Å²) in [6, 6.07) is 0. The van der Waals surface area contributed by atoms with E-state index in [0.29, 0.717) is 12.8 Å². The lowest BCUT2D eigenvalue weighted by Crippen LogP contribution is -2.24. The van der Waals surface area contributed by atoms with Crippen molar-refractivity contribution < 1.29 is 14.3 Å². The maximum absolute atomic E-state index is 11.5. The van der Waals surface area contributed by atoms with Crippen LogP contribution in [0.25, 0.3) is 0 Å². The molecule has 0 aliphatic rings. The highest BCUT2D eigenvalue weighted by atomic mass is 16.5. The first kappa shape index (κ1) is 13.1. The molecule has 0 aromatic rings. The number of hydrogen-bond donors (Lipinski definition) is 0. The molecule has 0 saturated carbocycles. The molecule has 0 heterocycles. The topological polar surface area (TPSA) is 43.4 Å². The summed E-state index contributed by atoms with van der Waals surface area (Å²) < 4.78 is 4.57. The van der Waals surface area contributed by atoms with E-state index in [4.69, 9.17) is 0 Å². The Balaban J connectivity index is 3.98. The molecule has 82 valence electrons. The van der Waals surface area contributed by atoms with Gasteiger partial charge in [-0.25, -0.2) is 0 Å². The van der Waals surface area contributed by atoms with Crippen LogP contribution in [-0.4, -0.2) is 18.9 Å². The molecule has 0 spiro atoms. The summed E-state index contributed by atoms with van der Waals surface area (Å²) in [4.78, 5) is 22.7. The van der Waals surface area contributed by atoms with E-state index < -0.39 is 11.9 Å². The van der Waals surface area contributed by atoms with Crippen LogP contribution in [-0.2, 0) is 14.3 Å². The Morgan fingerprint density at radius 1 is 1.21 bits per heavy atom. The number of ether oxygens (including phenoxy) is 1. The van der Waals surface area contributed by atoms with Gasteiger partial charge in [0.25, 0.3) is 0 Å². The Hall–Kier alpha value is -0.860. The van der Waals surface area contributed by atoms with Gasteiger partial charge in [0.15, 0.2) is 0 Å². The van der Waals surface area contributed by atoms with Crippen LogP contribution in [0.1, 0.15) is 46.0 Å². The van der Waals surface area contributed by atoms with Crippen molar-refractivity contribution in [2.75, 3.05) is 7.11 Å². The fourth-order valence-electron chi connectivity index (χ4n) is 1.39. The highest BCUT2D eigenvalue weighted by Crippen LogP contribution is 2.11. The van der Waals surface area contributed by atoms with Gasteiger partial charge in [-0.2, -0.15) is 0 Å². The van der Waals surface area contributed by atoms with Gasteiger partial charge in [-0.1, -0.05) is 26.7 Å². The quantitative estimate of drug-likeness (QED) is 0.360.